The molecule has 2 amide bonds. The van der Waals surface area contributed by atoms with E-state index in [-0.39, 0.29) is 24.9 Å². The highest BCUT2D eigenvalue weighted by Crippen LogP contribution is 2.10. The summed E-state index contributed by atoms with van der Waals surface area (Å²) in [7, 11) is 3.42. The largest absolute Gasteiger partial charge is 0.399 e. The minimum Gasteiger partial charge on any atom is -0.399 e. The van der Waals surface area contributed by atoms with Crippen LogP contribution in [-0.2, 0) is 9.59 Å². The van der Waals surface area contributed by atoms with Crippen molar-refractivity contribution in [1.29, 1.82) is 0 Å². The summed E-state index contributed by atoms with van der Waals surface area (Å²) in [5.41, 5.74) is 6.95. The molecule has 0 heterocycles. The molecule has 1 aromatic rings. The van der Waals surface area contributed by atoms with Gasteiger partial charge in [0, 0.05) is 25.5 Å². The maximum Gasteiger partial charge on any atom is 0.238 e. The highest BCUT2D eigenvalue weighted by Gasteiger charge is 2.15. The number of nitrogens with one attached hydrogen (secondary N) is 1. The fourth-order valence-electron chi connectivity index (χ4n) is 1.83. The summed E-state index contributed by atoms with van der Waals surface area (Å²) in [6.07, 6.45) is 0.885. The van der Waals surface area contributed by atoms with E-state index in [0.29, 0.717) is 17.9 Å². The number of rotatable bonds is 7. The molecule has 6 heteroatoms. The summed E-state index contributed by atoms with van der Waals surface area (Å²) >= 11 is 0. The Morgan fingerprint density at radius 3 is 2.29 bits per heavy atom. The van der Waals surface area contributed by atoms with Gasteiger partial charge in [-0.05, 0) is 37.2 Å². The molecule has 0 radical (unpaired) electrons. The number of hydrogen-bond donors (Lipinski definition) is 2. The lowest BCUT2D eigenvalue weighted by atomic mass is 10.3. The van der Waals surface area contributed by atoms with E-state index in [4.69, 9.17) is 5.73 Å². The van der Waals surface area contributed by atoms with Crippen molar-refractivity contribution in [3.05, 3.63) is 24.3 Å². The minimum atomic E-state index is -0.139. The summed E-state index contributed by atoms with van der Waals surface area (Å²) < 4.78 is 0. The maximum absolute atomic E-state index is 12.0. The Labute approximate surface area is 125 Å². The van der Waals surface area contributed by atoms with E-state index in [1.54, 1.807) is 38.4 Å². The summed E-state index contributed by atoms with van der Waals surface area (Å²) in [6.45, 7) is 3.16. The third kappa shape index (κ3) is 6.27. The first-order chi connectivity index (χ1) is 9.92. The first kappa shape index (κ1) is 17.0. The summed E-state index contributed by atoms with van der Waals surface area (Å²) in [6, 6.07) is 6.97. The molecule has 0 unspecified atom stereocenters. The highest BCUT2D eigenvalue weighted by atomic mass is 16.2. The van der Waals surface area contributed by atoms with Crippen molar-refractivity contribution in [1.82, 2.24) is 9.80 Å². The molecule has 0 spiro atoms. The van der Waals surface area contributed by atoms with Gasteiger partial charge >= 0.3 is 0 Å². The van der Waals surface area contributed by atoms with Gasteiger partial charge in [-0.25, -0.2) is 0 Å². The molecule has 0 bridgehead atoms. The van der Waals surface area contributed by atoms with Gasteiger partial charge in [-0.2, -0.15) is 0 Å². The summed E-state index contributed by atoms with van der Waals surface area (Å²) in [4.78, 5) is 27.1. The zero-order chi connectivity index (χ0) is 15.8. The van der Waals surface area contributed by atoms with Gasteiger partial charge in [0.05, 0.1) is 13.1 Å². The number of carbonyl (C=O) groups excluding carboxylic acids is 2. The van der Waals surface area contributed by atoms with Gasteiger partial charge in [0.15, 0.2) is 0 Å². The van der Waals surface area contributed by atoms with Crippen LogP contribution in [0.15, 0.2) is 24.3 Å². The zero-order valence-electron chi connectivity index (χ0n) is 12.9. The number of benzene rings is 1. The van der Waals surface area contributed by atoms with Gasteiger partial charge in [-0.15, -0.1) is 0 Å². The van der Waals surface area contributed by atoms with E-state index in [9.17, 15) is 9.59 Å². The van der Waals surface area contributed by atoms with Crippen LogP contribution in [0.1, 0.15) is 13.3 Å². The van der Waals surface area contributed by atoms with Crippen LogP contribution in [0.4, 0.5) is 11.4 Å². The van der Waals surface area contributed by atoms with Crippen LogP contribution < -0.4 is 11.1 Å². The number of nitrogens with two attached hydrogens (primary N) is 1. The SMILES string of the molecule is CCCN(CC(=O)Nc1ccc(N)cc1)CC(=O)N(C)C. The predicted octanol–water partition coefficient (Wildman–Crippen LogP) is 1.01. The van der Waals surface area contributed by atoms with Crippen LogP contribution in [-0.4, -0.2) is 55.3 Å². The molecule has 116 valence electrons. The van der Waals surface area contributed by atoms with E-state index in [1.807, 2.05) is 11.8 Å². The van der Waals surface area contributed by atoms with Gasteiger partial charge in [0.1, 0.15) is 0 Å². The lowest BCUT2D eigenvalue weighted by Crippen LogP contribution is -2.41. The Hall–Kier alpha value is -2.08. The third-order valence-corrected chi connectivity index (χ3v) is 2.96. The van der Waals surface area contributed by atoms with Gasteiger partial charge < -0.3 is 16.0 Å². The van der Waals surface area contributed by atoms with Gasteiger partial charge in [0.2, 0.25) is 11.8 Å². The zero-order valence-corrected chi connectivity index (χ0v) is 12.9. The molecule has 21 heavy (non-hydrogen) atoms. The average Bonchev–Trinajstić information content (AvgIpc) is 2.41. The predicted molar refractivity (Wildman–Crippen MR) is 84.9 cm³/mol. The number of carbonyl (C=O) groups is 2. The fraction of sp³-hybridized carbons (Fsp3) is 0.467. The molecule has 0 aliphatic carbocycles. The Morgan fingerprint density at radius 1 is 1.14 bits per heavy atom. The van der Waals surface area contributed by atoms with E-state index in [2.05, 4.69) is 5.32 Å². The third-order valence-electron chi connectivity index (χ3n) is 2.96. The number of hydrogen-bond acceptors (Lipinski definition) is 4. The molecular weight excluding hydrogens is 268 g/mol. The molecule has 3 N–H and O–H groups in total. The molecule has 0 aliphatic rings. The first-order valence-corrected chi connectivity index (χ1v) is 7.00. The number of nitrogens with zero attached hydrogens (tertiary/aromatic N) is 2. The Bertz CT molecular complexity index is 471. The standard InChI is InChI=1S/C15H24N4O2/c1-4-9-19(11-15(21)18(2)3)10-14(20)17-13-7-5-12(16)6-8-13/h5-8H,4,9-11,16H2,1-3H3,(H,17,20). The first-order valence-electron chi connectivity index (χ1n) is 7.00. The molecule has 0 fully saturated rings. The van der Waals surface area contributed by atoms with Crippen LogP contribution in [0, 0.1) is 0 Å². The number of nitrogen functional groups attached to an aromatic ring is 1. The summed E-state index contributed by atoms with van der Waals surface area (Å²) in [5, 5.41) is 2.80. The van der Waals surface area contributed by atoms with Crippen molar-refractivity contribution in [2.45, 2.75) is 13.3 Å². The lowest BCUT2D eigenvalue weighted by molar-refractivity contribution is -0.130. The van der Waals surface area contributed by atoms with E-state index < -0.39 is 0 Å². The quantitative estimate of drug-likeness (QED) is 0.735. The molecule has 0 saturated carbocycles. The van der Waals surface area contributed by atoms with E-state index in [0.717, 1.165) is 6.42 Å². The molecule has 1 aromatic carbocycles. The highest BCUT2D eigenvalue weighted by molar-refractivity contribution is 5.92. The van der Waals surface area contributed by atoms with Crippen molar-refractivity contribution < 1.29 is 9.59 Å². The second kappa shape index (κ2) is 8.26. The Morgan fingerprint density at radius 2 is 1.76 bits per heavy atom. The summed E-state index contributed by atoms with van der Waals surface area (Å²) in [5.74, 6) is -0.150. The van der Waals surface area contributed by atoms with E-state index in [1.165, 1.54) is 4.90 Å². The second-order valence-corrected chi connectivity index (χ2v) is 5.17. The second-order valence-electron chi connectivity index (χ2n) is 5.17. The van der Waals surface area contributed by atoms with Crippen LogP contribution >= 0.6 is 0 Å². The lowest BCUT2D eigenvalue weighted by Gasteiger charge is -2.22. The van der Waals surface area contributed by atoms with Crippen LogP contribution in [0.3, 0.4) is 0 Å². The molecule has 0 aromatic heterocycles. The van der Waals surface area contributed by atoms with Gasteiger partial charge in [0.25, 0.3) is 0 Å². The van der Waals surface area contributed by atoms with Gasteiger partial charge in [-0.1, -0.05) is 6.92 Å². The maximum atomic E-state index is 12.0. The van der Waals surface area contributed by atoms with Crippen molar-refractivity contribution in [2.24, 2.45) is 0 Å². The van der Waals surface area contributed by atoms with Crippen molar-refractivity contribution in [3.8, 4) is 0 Å². The molecule has 6 nitrogen and oxygen atoms in total. The van der Waals surface area contributed by atoms with Crippen LogP contribution in [0.5, 0.6) is 0 Å². The molecule has 0 atom stereocenters. The number of anilines is 2. The van der Waals surface area contributed by atoms with Crippen molar-refractivity contribution in [3.63, 3.8) is 0 Å². The van der Waals surface area contributed by atoms with Crippen LogP contribution in [0.25, 0.3) is 0 Å². The Kier molecular flexibility index (Phi) is 6.68. The van der Waals surface area contributed by atoms with Crippen molar-refractivity contribution in [2.75, 3.05) is 44.8 Å². The Balaban J connectivity index is 2.55. The van der Waals surface area contributed by atoms with Crippen molar-refractivity contribution >= 4 is 23.2 Å². The van der Waals surface area contributed by atoms with E-state index >= 15 is 0 Å². The van der Waals surface area contributed by atoms with Crippen LogP contribution in [0.2, 0.25) is 0 Å². The smallest absolute Gasteiger partial charge is 0.238 e. The monoisotopic (exact) mass is 292 g/mol. The van der Waals surface area contributed by atoms with Gasteiger partial charge in [-0.3, -0.25) is 14.5 Å². The molecule has 0 aliphatic heterocycles. The molecule has 1 rings (SSSR count). The average molecular weight is 292 g/mol. The minimum absolute atomic E-state index is 0.0104. The topological polar surface area (TPSA) is 78.7 Å². The number of likely N-dealkylation sites (N-methyl/N-ethyl adjacent to an activating group) is 1. The molecule has 0 saturated heterocycles. The number of amides is 2. The fourth-order valence-corrected chi connectivity index (χ4v) is 1.83. The molecular formula is C15H24N4O2. The normalized spacial score (nSPS) is 10.5.